The van der Waals surface area contributed by atoms with E-state index in [1.807, 2.05) is 29.2 Å². The molecule has 0 spiro atoms. The minimum atomic E-state index is -0.205. The summed E-state index contributed by atoms with van der Waals surface area (Å²) < 4.78 is 10.8. The van der Waals surface area contributed by atoms with Crippen molar-refractivity contribution in [3.8, 4) is 5.75 Å². The molecule has 0 saturated carbocycles. The van der Waals surface area contributed by atoms with Crippen LogP contribution in [0.3, 0.4) is 0 Å². The average molecular weight is 388 g/mol. The van der Waals surface area contributed by atoms with Gasteiger partial charge in [0.2, 0.25) is 0 Å². The molecule has 0 aliphatic carbocycles. The highest BCUT2D eigenvalue weighted by Crippen LogP contribution is 2.30. The lowest BCUT2D eigenvalue weighted by Gasteiger charge is -2.23. The Balaban J connectivity index is 1.34. The van der Waals surface area contributed by atoms with Crippen LogP contribution in [0, 0.1) is 0 Å². The van der Waals surface area contributed by atoms with Crippen LogP contribution >= 0.6 is 11.6 Å². The van der Waals surface area contributed by atoms with Crippen LogP contribution in [-0.4, -0.2) is 54.9 Å². The van der Waals surface area contributed by atoms with Crippen LogP contribution in [0.4, 0.5) is 10.6 Å². The van der Waals surface area contributed by atoms with Crippen molar-refractivity contribution in [1.82, 2.24) is 9.88 Å². The van der Waals surface area contributed by atoms with E-state index >= 15 is 0 Å². The number of carbonyl (C=O) groups is 1. The Morgan fingerprint density at radius 1 is 1.22 bits per heavy atom. The van der Waals surface area contributed by atoms with Crippen LogP contribution in [0.25, 0.3) is 0 Å². The number of halogens is 1. The highest BCUT2D eigenvalue weighted by atomic mass is 35.5. The zero-order valence-electron chi connectivity index (χ0n) is 15.2. The minimum absolute atomic E-state index is 0.0749. The van der Waals surface area contributed by atoms with Gasteiger partial charge in [0.1, 0.15) is 17.7 Å². The molecular weight excluding hydrogens is 366 g/mol. The largest absolute Gasteiger partial charge is 0.497 e. The quantitative estimate of drug-likeness (QED) is 0.760. The van der Waals surface area contributed by atoms with Gasteiger partial charge in [-0.3, -0.25) is 4.90 Å². The van der Waals surface area contributed by atoms with Crippen molar-refractivity contribution in [2.75, 3.05) is 31.6 Å². The van der Waals surface area contributed by atoms with Gasteiger partial charge in [-0.25, -0.2) is 9.78 Å². The number of anilines is 1. The SMILES string of the molecule is COc1ccc(CCCN2C(=O)O[C@@H]3CN(c4ccc(Cl)cn4)C[C@@H]32)cc1. The monoisotopic (exact) mass is 387 g/mol. The smallest absolute Gasteiger partial charge is 0.410 e. The molecule has 1 amide bonds. The van der Waals surface area contributed by atoms with E-state index in [4.69, 9.17) is 21.1 Å². The molecule has 3 heterocycles. The Morgan fingerprint density at radius 3 is 2.74 bits per heavy atom. The molecule has 2 fully saturated rings. The van der Waals surface area contributed by atoms with Gasteiger partial charge >= 0.3 is 6.09 Å². The molecule has 2 aliphatic rings. The summed E-state index contributed by atoms with van der Waals surface area (Å²) in [4.78, 5) is 20.6. The maximum absolute atomic E-state index is 12.2. The van der Waals surface area contributed by atoms with E-state index in [-0.39, 0.29) is 18.2 Å². The average Bonchev–Trinajstić information content (AvgIpc) is 3.21. The van der Waals surface area contributed by atoms with Gasteiger partial charge in [-0.2, -0.15) is 0 Å². The van der Waals surface area contributed by atoms with E-state index in [0.717, 1.165) is 31.0 Å². The maximum Gasteiger partial charge on any atom is 0.410 e. The summed E-state index contributed by atoms with van der Waals surface area (Å²) in [5, 5.41) is 0.615. The van der Waals surface area contributed by atoms with E-state index in [0.29, 0.717) is 18.1 Å². The van der Waals surface area contributed by atoms with Crippen molar-refractivity contribution in [1.29, 1.82) is 0 Å². The molecule has 142 valence electrons. The fourth-order valence-corrected chi connectivity index (χ4v) is 3.86. The van der Waals surface area contributed by atoms with Gasteiger partial charge < -0.3 is 14.4 Å². The van der Waals surface area contributed by atoms with E-state index in [1.54, 1.807) is 13.3 Å². The summed E-state index contributed by atoms with van der Waals surface area (Å²) in [5.74, 6) is 1.72. The van der Waals surface area contributed by atoms with E-state index in [1.165, 1.54) is 5.56 Å². The number of amides is 1. The number of aryl methyl sites for hydroxylation is 1. The van der Waals surface area contributed by atoms with Crippen LogP contribution in [-0.2, 0) is 11.2 Å². The van der Waals surface area contributed by atoms with Crippen LogP contribution in [0.2, 0.25) is 5.02 Å². The highest BCUT2D eigenvalue weighted by Gasteiger charge is 2.47. The van der Waals surface area contributed by atoms with Crippen molar-refractivity contribution in [2.45, 2.75) is 25.0 Å². The van der Waals surface area contributed by atoms with Gasteiger partial charge in [0.15, 0.2) is 0 Å². The predicted molar refractivity (Wildman–Crippen MR) is 104 cm³/mol. The Labute approximate surface area is 163 Å². The number of ether oxygens (including phenoxy) is 2. The summed E-state index contributed by atoms with van der Waals surface area (Å²) in [6, 6.07) is 11.9. The molecule has 4 rings (SSSR count). The van der Waals surface area contributed by atoms with E-state index in [9.17, 15) is 4.79 Å². The highest BCUT2D eigenvalue weighted by molar-refractivity contribution is 6.30. The lowest BCUT2D eigenvalue weighted by atomic mass is 10.1. The third-order valence-corrected chi connectivity index (χ3v) is 5.41. The number of hydrogen-bond acceptors (Lipinski definition) is 5. The Bertz CT molecular complexity index is 797. The molecule has 0 N–H and O–H groups in total. The maximum atomic E-state index is 12.2. The number of fused-ring (bicyclic) bond motifs is 1. The van der Waals surface area contributed by atoms with Gasteiger partial charge in [-0.15, -0.1) is 0 Å². The number of nitrogens with zero attached hydrogens (tertiary/aromatic N) is 3. The number of rotatable bonds is 6. The molecule has 2 aliphatic heterocycles. The molecule has 0 radical (unpaired) electrons. The first kappa shape index (κ1) is 17.9. The third-order valence-electron chi connectivity index (χ3n) is 5.18. The number of carbonyl (C=O) groups excluding carboxylic acids is 1. The number of pyridine rings is 1. The summed E-state index contributed by atoms with van der Waals surface area (Å²) in [6.45, 7) is 2.08. The first-order valence-electron chi connectivity index (χ1n) is 9.11. The topological polar surface area (TPSA) is 54.9 Å². The molecule has 2 saturated heterocycles. The van der Waals surface area contributed by atoms with Gasteiger partial charge in [-0.05, 0) is 42.7 Å². The second-order valence-electron chi connectivity index (χ2n) is 6.87. The van der Waals surface area contributed by atoms with Crippen molar-refractivity contribution < 1.29 is 14.3 Å². The fraction of sp³-hybridized carbons (Fsp3) is 0.400. The molecule has 0 unspecified atom stereocenters. The summed E-state index contributed by atoms with van der Waals surface area (Å²) in [5.41, 5.74) is 1.23. The van der Waals surface area contributed by atoms with Crippen molar-refractivity contribution in [2.24, 2.45) is 0 Å². The Morgan fingerprint density at radius 2 is 2.04 bits per heavy atom. The van der Waals surface area contributed by atoms with Crippen LogP contribution in [0.15, 0.2) is 42.6 Å². The molecule has 1 aromatic heterocycles. The molecule has 1 aromatic carbocycles. The van der Waals surface area contributed by atoms with Crippen LogP contribution in [0.5, 0.6) is 5.75 Å². The van der Waals surface area contributed by atoms with Crippen molar-refractivity contribution >= 4 is 23.5 Å². The Kier molecular flexibility index (Phi) is 5.07. The Hall–Kier alpha value is -2.47. The van der Waals surface area contributed by atoms with Gasteiger partial charge in [0.05, 0.1) is 24.7 Å². The summed E-state index contributed by atoms with van der Waals surface area (Å²) >= 11 is 5.92. The molecule has 27 heavy (non-hydrogen) atoms. The normalized spacial score (nSPS) is 21.3. The van der Waals surface area contributed by atoms with Gasteiger partial charge in [-0.1, -0.05) is 23.7 Å². The van der Waals surface area contributed by atoms with Crippen molar-refractivity contribution in [3.63, 3.8) is 0 Å². The molecular formula is C20H22ClN3O3. The number of benzene rings is 1. The van der Waals surface area contributed by atoms with Gasteiger partial charge in [0.25, 0.3) is 0 Å². The third kappa shape index (κ3) is 3.81. The summed E-state index contributed by atoms with van der Waals surface area (Å²) in [6.07, 6.45) is 3.14. The van der Waals surface area contributed by atoms with E-state index < -0.39 is 0 Å². The lowest BCUT2D eigenvalue weighted by molar-refractivity contribution is 0.135. The first-order valence-corrected chi connectivity index (χ1v) is 9.48. The molecule has 2 aromatic rings. The zero-order chi connectivity index (χ0) is 18.8. The molecule has 0 bridgehead atoms. The second-order valence-corrected chi connectivity index (χ2v) is 7.31. The molecule has 7 heteroatoms. The second kappa shape index (κ2) is 7.64. The molecule has 2 atom stereocenters. The summed E-state index contributed by atoms with van der Waals surface area (Å²) in [7, 11) is 1.66. The van der Waals surface area contributed by atoms with Gasteiger partial charge in [0, 0.05) is 19.3 Å². The minimum Gasteiger partial charge on any atom is -0.497 e. The first-order chi connectivity index (χ1) is 13.1. The number of methoxy groups -OCH3 is 1. The zero-order valence-corrected chi connectivity index (χ0v) is 15.9. The fourth-order valence-electron chi connectivity index (χ4n) is 3.75. The number of aromatic nitrogens is 1. The predicted octanol–water partition coefficient (Wildman–Crippen LogP) is 3.39. The standard InChI is InChI=1S/C20H22ClN3O3/c1-26-16-7-4-14(5-8-16)3-2-10-24-17-12-23(13-18(17)27-20(24)25)19-9-6-15(21)11-22-19/h4-9,11,17-18H,2-3,10,12-13H2,1H3/t17-,18+/m0/s1. The van der Waals surface area contributed by atoms with E-state index in [2.05, 4.69) is 22.0 Å². The molecule has 6 nitrogen and oxygen atoms in total. The van der Waals surface area contributed by atoms with Crippen LogP contribution < -0.4 is 9.64 Å². The van der Waals surface area contributed by atoms with Crippen LogP contribution in [0.1, 0.15) is 12.0 Å². The van der Waals surface area contributed by atoms with Crippen molar-refractivity contribution in [3.05, 3.63) is 53.2 Å². The number of hydrogen-bond donors (Lipinski definition) is 0. The lowest BCUT2D eigenvalue weighted by Crippen LogP contribution is -2.38.